The van der Waals surface area contributed by atoms with Crippen LogP contribution in [0.5, 0.6) is 0 Å². The first-order valence-electron chi connectivity index (χ1n) is 8.74. The molecule has 6 heteroatoms. The van der Waals surface area contributed by atoms with Crippen LogP contribution in [0.3, 0.4) is 0 Å². The molecule has 0 atom stereocenters. The van der Waals surface area contributed by atoms with E-state index in [0.717, 1.165) is 18.5 Å². The van der Waals surface area contributed by atoms with E-state index >= 15 is 0 Å². The van der Waals surface area contributed by atoms with E-state index in [1.54, 1.807) is 35.4 Å². The molecule has 1 aliphatic heterocycles. The number of hydrogen-bond donors (Lipinski definition) is 1. The third kappa shape index (κ3) is 3.48. The highest BCUT2D eigenvalue weighted by Gasteiger charge is 2.24. The fourth-order valence-corrected chi connectivity index (χ4v) is 3.22. The Morgan fingerprint density at radius 3 is 2.93 bits per heavy atom. The van der Waals surface area contributed by atoms with Crippen molar-refractivity contribution in [3.05, 3.63) is 77.6 Å². The van der Waals surface area contributed by atoms with Gasteiger partial charge < -0.3 is 10.2 Å². The number of nitriles is 1. The average molecular weight is 355 g/mol. The number of benzene rings is 2. The van der Waals surface area contributed by atoms with Gasteiger partial charge >= 0.3 is 0 Å². The third-order valence-electron chi connectivity index (χ3n) is 4.48. The maximum Gasteiger partial charge on any atom is 0.277 e. The molecule has 2 aromatic carbocycles. The van der Waals surface area contributed by atoms with Crippen molar-refractivity contribution in [1.82, 2.24) is 9.97 Å². The topological polar surface area (TPSA) is 81.9 Å². The van der Waals surface area contributed by atoms with Gasteiger partial charge in [-0.25, -0.2) is 9.97 Å². The van der Waals surface area contributed by atoms with Gasteiger partial charge in [0.25, 0.3) is 5.91 Å². The van der Waals surface area contributed by atoms with Crippen molar-refractivity contribution in [3.8, 4) is 6.07 Å². The Balaban J connectivity index is 1.59. The van der Waals surface area contributed by atoms with Crippen LogP contribution in [0.2, 0.25) is 0 Å². The zero-order valence-corrected chi connectivity index (χ0v) is 14.6. The van der Waals surface area contributed by atoms with Crippen LogP contribution in [-0.4, -0.2) is 22.4 Å². The SMILES string of the molecule is N#Cc1cccc(Nc2nccc(C(=O)N3CCCc4ccccc43)n2)c1. The number of amides is 1. The number of anilines is 3. The van der Waals surface area contributed by atoms with Crippen molar-refractivity contribution < 1.29 is 4.79 Å². The van der Waals surface area contributed by atoms with Crippen molar-refractivity contribution in [1.29, 1.82) is 5.26 Å². The second kappa shape index (κ2) is 7.26. The summed E-state index contributed by atoms with van der Waals surface area (Å²) < 4.78 is 0. The van der Waals surface area contributed by atoms with E-state index in [2.05, 4.69) is 27.4 Å². The molecule has 0 saturated heterocycles. The number of carbonyl (C=O) groups is 1. The van der Waals surface area contributed by atoms with Gasteiger partial charge in [-0.3, -0.25) is 4.79 Å². The van der Waals surface area contributed by atoms with E-state index in [9.17, 15) is 4.79 Å². The van der Waals surface area contributed by atoms with Crippen LogP contribution in [-0.2, 0) is 6.42 Å². The molecule has 0 bridgehead atoms. The lowest BCUT2D eigenvalue weighted by Crippen LogP contribution is -2.36. The Labute approximate surface area is 157 Å². The van der Waals surface area contributed by atoms with Gasteiger partial charge in [-0.05, 0) is 48.7 Å². The number of aryl methyl sites for hydroxylation is 1. The Hall–Kier alpha value is -3.72. The summed E-state index contributed by atoms with van der Waals surface area (Å²) >= 11 is 0. The second-order valence-corrected chi connectivity index (χ2v) is 6.27. The Morgan fingerprint density at radius 2 is 2.04 bits per heavy atom. The number of nitrogens with zero attached hydrogens (tertiary/aromatic N) is 4. The molecule has 0 spiro atoms. The Kier molecular flexibility index (Phi) is 4.50. The summed E-state index contributed by atoms with van der Waals surface area (Å²) in [5.41, 5.74) is 3.70. The summed E-state index contributed by atoms with van der Waals surface area (Å²) in [6.45, 7) is 0.673. The van der Waals surface area contributed by atoms with Crippen LogP contribution in [0.4, 0.5) is 17.3 Å². The van der Waals surface area contributed by atoms with Crippen LogP contribution < -0.4 is 10.2 Å². The molecule has 132 valence electrons. The summed E-state index contributed by atoms with van der Waals surface area (Å²) in [4.78, 5) is 23.4. The molecule has 1 aromatic heterocycles. The van der Waals surface area contributed by atoms with E-state index in [4.69, 9.17) is 5.26 Å². The fourth-order valence-electron chi connectivity index (χ4n) is 3.22. The van der Waals surface area contributed by atoms with Crippen LogP contribution in [0.1, 0.15) is 28.0 Å². The van der Waals surface area contributed by atoms with Crippen LogP contribution >= 0.6 is 0 Å². The van der Waals surface area contributed by atoms with E-state index in [-0.39, 0.29) is 5.91 Å². The molecule has 0 aliphatic carbocycles. The molecule has 0 radical (unpaired) electrons. The number of fused-ring (bicyclic) bond motifs is 1. The quantitative estimate of drug-likeness (QED) is 0.775. The Morgan fingerprint density at radius 1 is 1.15 bits per heavy atom. The van der Waals surface area contributed by atoms with Crippen molar-refractivity contribution in [2.24, 2.45) is 0 Å². The molecule has 3 aromatic rings. The largest absolute Gasteiger partial charge is 0.324 e. The van der Waals surface area contributed by atoms with Gasteiger partial charge in [0.1, 0.15) is 5.69 Å². The zero-order chi connectivity index (χ0) is 18.6. The first-order valence-corrected chi connectivity index (χ1v) is 8.74. The molecule has 6 nitrogen and oxygen atoms in total. The van der Waals surface area contributed by atoms with Gasteiger partial charge in [-0.15, -0.1) is 0 Å². The molecular formula is C21H17N5O. The van der Waals surface area contributed by atoms with Gasteiger partial charge in [-0.2, -0.15) is 5.26 Å². The third-order valence-corrected chi connectivity index (χ3v) is 4.48. The molecular weight excluding hydrogens is 338 g/mol. The van der Waals surface area contributed by atoms with Gasteiger partial charge in [-0.1, -0.05) is 24.3 Å². The molecule has 2 heterocycles. The minimum Gasteiger partial charge on any atom is -0.324 e. The predicted molar refractivity (Wildman–Crippen MR) is 103 cm³/mol. The first-order chi connectivity index (χ1) is 13.2. The summed E-state index contributed by atoms with van der Waals surface area (Å²) in [5.74, 6) is 0.180. The standard InChI is InChI=1S/C21H17N5O/c22-14-15-5-3-8-17(13-15)24-21-23-11-10-18(25-21)20(27)26-12-4-7-16-6-1-2-9-19(16)26/h1-3,5-6,8-11,13H,4,7,12H2,(H,23,24,25). The lowest BCUT2D eigenvalue weighted by Gasteiger charge is -2.29. The number of hydrogen-bond acceptors (Lipinski definition) is 5. The van der Waals surface area contributed by atoms with Crippen LogP contribution in [0, 0.1) is 11.3 Å². The van der Waals surface area contributed by atoms with Gasteiger partial charge in [0.15, 0.2) is 0 Å². The highest BCUT2D eigenvalue weighted by atomic mass is 16.2. The highest BCUT2D eigenvalue weighted by Crippen LogP contribution is 2.28. The average Bonchev–Trinajstić information content (AvgIpc) is 2.73. The lowest BCUT2D eigenvalue weighted by atomic mass is 10.0. The maximum absolute atomic E-state index is 13.0. The molecule has 1 aliphatic rings. The van der Waals surface area contributed by atoms with E-state index < -0.39 is 0 Å². The summed E-state index contributed by atoms with van der Waals surface area (Å²) in [7, 11) is 0. The normalized spacial score (nSPS) is 12.8. The van der Waals surface area contributed by atoms with Crippen molar-refractivity contribution in [2.75, 3.05) is 16.8 Å². The highest BCUT2D eigenvalue weighted by molar-refractivity contribution is 6.05. The van der Waals surface area contributed by atoms with Crippen molar-refractivity contribution in [3.63, 3.8) is 0 Å². The number of rotatable bonds is 3. The summed E-state index contributed by atoms with van der Waals surface area (Å²) in [6.07, 6.45) is 3.47. The summed E-state index contributed by atoms with van der Waals surface area (Å²) in [6, 6.07) is 18.7. The minimum absolute atomic E-state index is 0.140. The molecule has 4 rings (SSSR count). The fraction of sp³-hybridized carbons (Fsp3) is 0.143. The number of para-hydroxylation sites is 1. The molecule has 1 N–H and O–H groups in total. The molecule has 0 unspecified atom stereocenters. The van der Waals surface area contributed by atoms with Gasteiger partial charge in [0.05, 0.1) is 11.6 Å². The smallest absolute Gasteiger partial charge is 0.277 e. The van der Waals surface area contributed by atoms with Gasteiger partial charge in [0.2, 0.25) is 5.95 Å². The van der Waals surface area contributed by atoms with E-state index in [1.807, 2.05) is 24.3 Å². The number of aromatic nitrogens is 2. The molecule has 1 amide bonds. The van der Waals surface area contributed by atoms with Crippen molar-refractivity contribution in [2.45, 2.75) is 12.8 Å². The van der Waals surface area contributed by atoms with Gasteiger partial charge in [0, 0.05) is 24.1 Å². The molecule has 0 saturated carbocycles. The summed E-state index contributed by atoms with van der Waals surface area (Å²) in [5, 5.41) is 12.1. The number of nitrogens with one attached hydrogen (secondary N) is 1. The molecule has 27 heavy (non-hydrogen) atoms. The van der Waals surface area contributed by atoms with E-state index in [1.165, 1.54) is 5.56 Å². The van der Waals surface area contributed by atoms with Crippen LogP contribution in [0.15, 0.2) is 60.8 Å². The zero-order valence-electron chi connectivity index (χ0n) is 14.6. The van der Waals surface area contributed by atoms with Crippen molar-refractivity contribution >= 4 is 23.2 Å². The lowest BCUT2D eigenvalue weighted by molar-refractivity contribution is 0.0980. The van der Waals surface area contributed by atoms with Crippen LogP contribution in [0.25, 0.3) is 0 Å². The minimum atomic E-state index is -0.140. The van der Waals surface area contributed by atoms with E-state index in [0.29, 0.717) is 29.4 Å². The molecule has 0 fully saturated rings. The maximum atomic E-state index is 13.0. The Bertz CT molecular complexity index is 1040. The predicted octanol–water partition coefficient (Wildman–Crippen LogP) is 3.68. The number of carbonyl (C=O) groups excluding carboxylic acids is 1. The monoisotopic (exact) mass is 355 g/mol. The second-order valence-electron chi connectivity index (χ2n) is 6.27. The first kappa shape index (κ1) is 16.7.